The second-order valence-corrected chi connectivity index (χ2v) is 6.08. The quantitative estimate of drug-likeness (QED) is 0.913. The number of benzene rings is 1. The van der Waals surface area contributed by atoms with Crippen LogP contribution in [0.4, 0.5) is 4.79 Å². The molecule has 1 aromatic carbocycles. The van der Waals surface area contributed by atoms with Gasteiger partial charge in [0.15, 0.2) is 0 Å². The van der Waals surface area contributed by atoms with E-state index in [0.717, 1.165) is 17.7 Å². The van der Waals surface area contributed by atoms with Crippen LogP contribution < -0.4 is 15.4 Å². The monoisotopic (exact) mass is 302 g/mol. The third-order valence-corrected chi connectivity index (χ3v) is 4.66. The number of aryl methyl sites for hydroxylation is 1. The molecule has 1 aliphatic rings. The summed E-state index contributed by atoms with van der Waals surface area (Å²) in [5, 5.41) is 8.00. The van der Waals surface area contributed by atoms with Gasteiger partial charge in [0.1, 0.15) is 5.75 Å². The van der Waals surface area contributed by atoms with Gasteiger partial charge >= 0.3 is 6.03 Å². The minimum absolute atomic E-state index is 0.0133. The zero-order valence-corrected chi connectivity index (χ0v) is 12.7. The normalized spacial score (nSPS) is 16.7. The number of hydrogen-bond acceptors (Lipinski definition) is 3. The largest absolute Gasteiger partial charge is 0.493 e. The van der Waals surface area contributed by atoms with Crippen molar-refractivity contribution in [3.8, 4) is 5.75 Å². The summed E-state index contributed by atoms with van der Waals surface area (Å²) in [6.45, 7) is 3.26. The number of carbonyl (C=O) groups excluding carboxylic acids is 1. The number of amides is 2. The van der Waals surface area contributed by atoms with Crippen LogP contribution in [0.3, 0.4) is 0 Å². The fourth-order valence-corrected chi connectivity index (χ4v) is 3.29. The Morgan fingerprint density at radius 1 is 1.38 bits per heavy atom. The third-order valence-electron chi connectivity index (χ3n) is 3.64. The van der Waals surface area contributed by atoms with E-state index < -0.39 is 0 Å². The zero-order valence-electron chi connectivity index (χ0n) is 11.9. The van der Waals surface area contributed by atoms with E-state index in [2.05, 4.69) is 23.6 Å². The molecule has 21 heavy (non-hydrogen) atoms. The highest BCUT2D eigenvalue weighted by atomic mass is 32.1. The van der Waals surface area contributed by atoms with Gasteiger partial charge in [-0.15, -0.1) is 11.3 Å². The summed E-state index contributed by atoms with van der Waals surface area (Å²) >= 11 is 1.66. The number of para-hydroxylation sites is 1. The van der Waals surface area contributed by atoms with Crippen molar-refractivity contribution in [3.05, 3.63) is 51.7 Å². The van der Waals surface area contributed by atoms with E-state index in [1.165, 1.54) is 10.4 Å². The number of carbonyl (C=O) groups is 1. The summed E-state index contributed by atoms with van der Waals surface area (Å²) < 4.78 is 5.60. The van der Waals surface area contributed by atoms with E-state index in [9.17, 15) is 4.79 Å². The molecule has 0 saturated heterocycles. The van der Waals surface area contributed by atoms with Crippen LogP contribution in [0.1, 0.15) is 28.5 Å². The van der Waals surface area contributed by atoms with E-state index in [0.29, 0.717) is 13.2 Å². The first-order chi connectivity index (χ1) is 10.2. The van der Waals surface area contributed by atoms with Gasteiger partial charge in [0.2, 0.25) is 0 Å². The maximum absolute atomic E-state index is 12.1. The number of thiophene rings is 1. The van der Waals surface area contributed by atoms with Crippen molar-refractivity contribution in [3.63, 3.8) is 0 Å². The highest BCUT2D eigenvalue weighted by Crippen LogP contribution is 2.31. The molecule has 1 atom stereocenters. The molecule has 3 rings (SSSR count). The molecular formula is C16H18N2O2S. The molecule has 2 heterocycles. The predicted octanol–water partition coefficient (Wildman–Crippen LogP) is 3.38. The van der Waals surface area contributed by atoms with Gasteiger partial charge in [-0.2, -0.15) is 0 Å². The van der Waals surface area contributed by atoms with Crippen LogP contribution in [0.2, 0.25) is 0 Å². The molecule has 0 aliphatic carbocycles. The van der Waals surface area contributed by atoms with Gasteiger partial charge in [-0.3, -0.25) is 0 Å². The van der Waals surface area contributed by atoms with Crippen LogP contribution >= 0.6 is 11.3 Å². The molecule has 0 fully saturated rings. The Kier molecular flexibility index (Phi) is 4.10. The van der Waals surface area contributed by atoms with E-state index in [1.807, 2.05) is 29.6 Å². The van der Waals surface area contributed by atoms with Crippen LogP contribution in [0.15, 0.2) is 35.7 Å². The fourth-order valence-electron chi connectivity index (χ4n) is 2.45. The Bertz CT molecular complexity index is 639. The van der Waals surface area contributed by atoms with E-state index in [4.69, 9.17) is 4.74 Å². The van der Waals surface area contributed by atoms with Crippen molar-refractivity contribution in [1.29, 1.82) is 0 Å². The molecule has 1 aliphatic heterocycles. The molecule has 0 spiro atoms. The topological polar surface area (TPSA) is 50.4 Å². The summed E-state index contributed by atoms with van der Waals surface area (Å²) in [5.41, 5.74) is 2.27. The molecule has 0 unspecified atom stereocenters. The minimum atomic E-state index is -0.135. The predicted molar refractivity (Wildman–Crippen MR) is 83.7 cm³/mol. The van der Waals surface area contributed by atoms with Gasteiger partial charge in [-0.25, -0.2) is 4.79 Å². The number of rotatable bonds is 3. The van der Waals surface area contributed by atoms with E-state index in [-0.39, 0.29) is 12.1 Å². The average Bonchev–Trinajstić information content (AvgIpc) is 2.91. The van der Waals surface area contributed by atoms with Crippen molar-refractivity contribution >= 4 is 17.4 Å². The van der Waals surface area contributed by atoms with Crippen LogP contribution in [0.5, 0.6) is 5.75 Å². The number of ether oxygens (including phenoxy) is 1. The van der Waals surface area contributed by atoms with Gasteiger partial charge in [0, 0.05) is 16.9 Å². The Morgan fingerprint density at radius 3 is 3.05 bits per heavy atom. The lowest BCUT2D eigenvalue weighted by Crippen LogP contribution is -2.39. The molecule has 1 aromatic heterocycles. The van der Waals surface area contributed by atoms with Gasteiger partial charge in [0.25, 0.3) is 0 Å². The molecule has 110 valence electrons. The van der Waals surface area contributed by atoms with Crippen LogP contribution in [-0.4, -0.2) is 12.6 Å². The van der Waals surface area contributed by atoms with Crippen molar-refractivity contribution in [2.45, 2.75) is 25.9 Å². The molecule has 0 radical (unpaired) electrons. The number of nitrogens with one attached hydrogen (secondary N) is 2. The summed E-state index contributed by atoms with van der Waals surface area (Å²) in [4.78, 5) is 13.3. The number of urea groups is 1. The first-order valence-electron chi connectivity index (χ1n) is 7.03. The molecule has 4 nitrogen and oxygen atoms in total. The maximum atomic E-state index is 12.1. The van der Waals surface area contributed by atoms with Gasteiger partial charge in [0.05, 0.1) is 19.2 Å². The Balaban J connectivity index is 1.60. The fraction of sp³-hybridized carbons (Fsp3) is 0.312. The van der Waals surface area contributed by atoms with Crippen molar-refractivity contribution in [2.75, 3.05) is 6.61 Å². The highest BCUT2D eigenvalue weighted by Gasteiger charge is 2.22. The van der Waals surface area contributed by atoms with Crippen molar-refractivity contribution in [2.24, 2.45) is 0 Å². The molecular weight excluding hydrogens is 284 g/mol. The van der Waals surface area contributed by atoms with Gasteiger partial charge < -0.3 is 15.4 Å². The highest BCUT2D eigenvalue weighted by molar-refractivity contribution is 7.10. The Hall–Kier alpha value is -2.01. The summed E-state index contributed by atoms with van der Waals surface area (Å²) in [6, 6.07) is 9.80. The Morgan fingerprint density at radius 2 is 2.24 bits per heavy atom. The molecule has 2 amide bonds. The van der Waals surface area contributed by atoms with Crippen LogP contribution in [0, 0.1) is 6.92 Å². The standard InChI is InChI=1S/C16H18N2O2S/c1-11-7-9-21-15(11)10-17-16(19)18-13-6-8-20-14-5-3-2-4-12(13)14/h2-5,7,9,13H,6,8,10H2,1H3,(H2,17,18,19)/t13-/m1/s1. The zero-order chi connectivity index (χ0) is 14.7. The van der Waals surface area contributed by atoms with Gasteiger partial charge in [-0.1, -0.05) is 18.2 Å². The lowest BCUT2D eigenvalue weighted by Gasteiger charge is -2.26. The molecule has 0 bridgehead atoms. The lowest BCUT2D eigenvalue weighted by molar-refractivity contribution is 0.223. The van der Waals surface area contributed by atoms with E-state index in [1.54, 1.807) is 11.3 Å². The van der Waals surface area contributed by atoms with Gasteiger partial charge in [-0.05, 0) is 30.0 Å². The molecule has 2 N–H and O–H groups in total. The SMILES string of the molecule is Cc1ccsc1CNC(=O)N[C@@H]1CCOc2ccccc21. The average molecular weight is 302 g/mol. The minimum Gasteiger partial charge on any atom is -0.493 e. The molecule has 2 aromatic rings. The van der Waals surface area contributed by atoms with Crippen molar-refractivity contribution < 1.29 is 9.53 Å². The lowest BCUT2D eigenvalue weighted by atomic mass is 10.0. The Labute approximate surface area is 128 Å². The smallest absolute Gasteiger partial charge is 0.315 e. The van der Waals surface area contributed by atoms with Crippen LogP contribution in [-0.2, 0) is 6.54 Å². The summed E-state index contributed by atoms with van der Waals surface area (Å²) in [7, 11) is 0. The van der Waals surface area contributed by atoms with Crippen molar-refractivity contribution in [1.82, 2.24) is 10.6 Å². The molecule has 0 saturated carbocycles. The second-order valence-electron chi connectivity index (χ2n) is 5.08. The third kappa shape index (κ3) is 3.19. The number of fused-ring (bicyclic) bond motifs is 1. The summed E-state index contributed by atoms with van der Waals surface area (Å²) in [6.07, 6.45) is 0.794. The first-order valence-corrected chi connectivity index (χ1v) is 7.91. The maximum Gasteiger partial charge on any atom is 0.315 e. The molecule has 5 heteroatoms. The van der Waals surface area contributed by atoms with Crippen LogP contribution in [0.25, 0.3) is 0 Å². The first kappa shape index (κ1) is 13.9. The number of hydrogen-bond donors (Lipinski definition) is 2. The van der Waals surface area contributed by atoms with E-state index >= 15 is 0 Å². The second kappa shape index (κ2) is 6.18. The summed E-state index contributed by atoms with van der Waals surface area (Å²) in [5.74, 6) is 0.864.